The van der Waals surface area contributed by atoms with Crippen LogP contribution in [0.15, 0.2) is 48.5 Å². The van der Waals surface area contributed by atoms with E-state index in [0.29, 0.717) is 23.8 Å². The summed E-state index contributed by atoms with van der Waals surface area (Å²) in [7, 11) is 1.60. The minimum absolute atomic E-state index is 0.101. The lowest BCUT2D eigenvalue weighted by molar-refractivity contribution is 0.249. The van der Waals surface area contributed by atoms with Crippen LogP contribution in [0.4, 0.5) is 10.5 Å². The Morgan fingerprint density at radius 3 is 2.58 bits per heavy atom. The van der Waals surface area contributed by atoms with Crippen molar-refractivity contribution in [2.75, 3.05) is 19.0 Å². The highest BCUT2D eigenvalue weighted by Crippen LogP contribution is 2.29. The summed E-state index contributed by atoms with van der Waals surface area (Å²) in [5, 5.41) is 5.81. The number of ether oxygens (including phenoxy) is 2. The normalized spacial score (nSPS) is 11.5. The van der Waals surface area contributed by atoms with E-state index in [0.717, 1.165) is 24.8 Å². The fourth-order valence-electron chi connectivity index (χ4n) is 2.57. The molecule has 0 aliphatic carbocycles. The molecule has 0 aromatic heterocycles. The minimum atomic E-state index is -0.284. The molecule has 0 fully saturated rings. The molecule has 0 saturated carbocycles. The third-order valence-corrected chi connectivity index (χ3v) is 4.09. The summed E-state index contributed by atoms with van der Waals surface area (Å²) in [6.45, 7) is 4.72. The highest BCUT2D eigenvalue weighted by Gasteiger charge is 2.13. The highest BCUT2D eigenvalue weighted by atomic mass is 16.5. The van der Waals surface area contributed by atoms with Gasteiger partial charge < -0.3 is 20.1 Å². The van der Waals surface area contributed by atoms with E-state index >= 15 is 0 Å². The van der Waals surface area contributed by atoms with Crippen LogP contribution in [0, 0.1) is 0 Å². The van der Waals surface area contributed by atoms with E-state index in [1.165, 1.54) is 0 Å². The zero-order valence-corrected chi connectivity index (χ0v) is 15.7. The van der Waals surface area contributed by atoms with Gasteiger partial charge in [0.25, 0.3) is 0 Å². The molecule has 2 amide bonds. The molecule has 5 heteroatoms. The van der Waals surface area contributed by atoms with Crippen LogP contribution >= 0.6 is 0 Å². The van der Waals surface area contributed by atoms with Crippen LogP contribution in [0.2, 0.25) is 0 Å². The second-order valence-electron chi connectivity index (χ2n) is 6.15. The molecule has 140 valence electrons. The van der Waals surface area contributed by atoms with Crippen molar-refractivity contribution in [3.63, 3.8) is 0 Å². The third-order valence-electron chi connectivity index (χ3n) is 4.09. The standard InChI is InChI=1S/C21H28N2O3/c1-4-5-9-14-26-20-13-12-18(25-3)15-19(20)23-21(24)22-16(2)17-10-7-6-8-11-17/h6-8,10-13,15-16H,4-5,9,14H2,1-3H3,(H2,22,23,24)/t16-/m0/s1. The molecule has 2 aromatic rings. The molecule has 0 aliphatic rings. The van der Waals surface area contributed by atoms with E-state index in [1.807, 2.05) is 49.4 Å². The number of carbonyl (C=O) groups is 1. The van der Waals surface area contributed by atoms with Crippen molar-refractivity contribution in [2.45, 2.75) is 39.2 Å². The molecule has 0 unspecified atom stereocenters. The zero-order chi connectivity index (χ0) is 18.8. The van der Waals surface area contributed by atoms with Crippen LogP contribution in [-0.4, -0.2) is 19.7 Å². The number of hydrogen-bond acceptors (Lipinski definition) is 3. The molecule has 0 spiro atoms. The number of carbonyl (C=O) groups excluding carboxylic acids is 1. The van der Waals surface area contributed by atoms with Gasteiger partial charge in [0.1, 0.15) is 11.5 Å². The number of anilines is 1. The molecule has 0 saturated heterocycles. The van der Waals surface area contributed by atoms with Gasteiger partial charge in [-0.3, -0.25) is 0 Å². The topological polar surface area (TPSA) is 59.6 Å². The van der Waals surface area contributed by atoms with Crippen molar-refractivity contribution in [1.29, 1.82) is 0 Å². The average molecular weight is 356 g/mol. The maximum Gasteiger partial charge on any atom is 0.319 e. The number of amides is 2. The Hall–Kier alpha value is -2.69. The maximum absolute atomic E-state index is 12.4. The molecule has 0 heterocycles. The fourth-order valence-corrected chi connectivity index (χ4v) is 2.57. The first-order valence-electron chi connectivity index (χ1n) is 9.07. The smallest absolute Gasteiger partial charge is 0.319 e. The van der Waals surface area contributed by atoms with Gasteiger partial charge in [-0.15, -0.1) is 0 Å². The number of hydrogen-bond donors (Lipinski definition) is 2. The number of unbranched alkanes of at least 4 members (excludes halogenated alkanes) is 2. The Bertz CT molecular complexity index is 689. The van der Waals surface area contributed by atoms with Crippen molar-refractivity contribution < 1.29 is 14.3 Å². The van der Waals surface area contributed by atoms with Gasteiger partial charge in [0.05, 0.1) is 25.4 Å². The maximum atomic E-state index is 12.4. The van der Waals surface area contributed by atoms with Gasteiger partial charge in [0.2, 0.25) is 0 Å². The van der Waals surface area contributed by atoms with Crippen LogP contribution in [-0.2, 0) is 0 Å². The van der Waals surface area contributed by atoms with Crippen molar-refractivity contribution in [3.05, 3.63) is 54.1 Å². The van der Waals surface area contributed by atoms with Gasteiger partial charge >= 0.3 is 6.03 Å². The summed E-state index contributed by atoms with van der Waals surface area (Å²) in [6, 6.07) is 14.9. The Morgan fingerprint density at radius 2 is 1.88 bits per heavy atom. The first-order valence-corrected chi connectivity index (χ1v) is 9.07. The summed E-state index contributed by atoms with van der Waals surface area (Å²) < 4.78 is 11.1. The van der Waals surface area contributed by atoms with E-state index in [4.69, 9.17) is 9.47 Å². The third kappa shape index (κ3) is 5.99. The Balaban J connectivity index is 2.02. The summed E-state index contributed by atoms with van der Waals surface area (Å²) in [5.41, 5.74) is 1.64. The summed E-state index contributed by atoms with van der Waals surface area (Å²) in [4.78, 5) is 12.4. The predicted molar refractivity (Wildman–Crippen MR) is 105 cm³/mol. The molecular formula is C21H28N2O3. The summed E-state index contributed by atoms with van der Waals surface area (Å²) in [6.07, 6.45) is 3.24. The van der Waals surface area contributed by atoms with E-state index in [9.17, 15) is 4.79 Å². The Kier molecular flexibility index (Phi) is 7.80. The van der Waals surface area contributed by atoms with Crippen LogP contribution in [0.5, 0.6) is 11.5 Å². The highest BCUT2D eigenvalue weighted by molar-refractivity contribution is 5.91. The van der Waals surface area contributed by atoms with Crippen LogP contribution < -0.4 is 20.1 Å². The minimum Gasteiger partial charge on any atom is -0.497 e. The molecule has 26 heavy (non-hydrogen) atoms. The number of benzene rings is 2. The molecule has 2 rings (SSSR count). The second kappa shape index (κ2) is 10.3. The molecule has 0 aliphatic heterocycles. The lowest BCUT2D eigenvalue weighted by Gasteiger charge is -2.17. The van der Waals surface area contributed by atoms with E-state index in [1.54, 1.807) is 13.2 Å². The molecular weight excluding hydrogens is 328 g/mol. The lowest BCUT2D eigenvalue weighted by Crippen LogP contribution is -2.31. The number of nitrogens with one attached hydrogen (secondary N) is 2. The zero-order valence-electron chi connectivity index (χ0n) is 15.7. The first kappa shape index (κ1) is 19.6. The molecule has 2 N–H and O–H groups in total. The summed E-state index contributed by atoms with van der Waals surface area (Å²) >= 11 is 0. The Morgan fingerprint density at radius 1 is 1.12 bits per heavy atom. The monoisotopic (exact) mass is 356 g/mol. The largest absolute Gasteiger partial charge is 0.497 e. The fraction of sp³-hybridized carbons (Fsp3) is 0.381. The van der Waals surface area contributed by atoms with Gasteiger partial charge in [-0.1, -0.05) is 50.1 Å². The molecule has 1 atom stereocenters. The lowest BCUT2D eigenvalue weighted by atomic mass is 10.1. The van der Waals surface area contributed by atoms with Crippen molar-refractivity contribution in [1.82, 2.24) is 5.32 Å². The number of methoxy groups -OCH3 is 1. The molecule has 5 nitrogen and oxygen atoms in total. The SMILES string of the molecule is CCCCCOc1ccc(OC)cc1NC(=O)N[C@@H](C)c1ccccc1. The van der Waals surface area contributed by atoms with Crippen LogP contribution in [0.25, 0.3) is 0 Å². The van der Waals surface area contributed by atoms with E-state index in [2.05, 4.69) is 17.6 Å². The number of urea groups is 1. The van der Waals surface area contributed by atoms with Crippen molar-refractivity contribution in [3.8, 4) is 11.5 Å². The number of rotatable bonds is 9. The van der Waals surface area contributed by atoms with Crippen molar-refractivity contribution in [2.24, 2.45) is 0 Å². The first-order chi connectivity index (χ1) is 12.6. The molecule has 0 bridgehead atoms. The van der Waals surface area contributed by atoms with Gasteiger partial charge in [-0.2, -0.15) is 0 Å². The van der Waals surface area contributed by atoms with Gasteiger partial charge in [0.15, 0.2) is 0 Å². The Labute approximate surface area is 155 Å². The van der Waals surface area contributed by atoms with Crippen molar-refractivity contribution >= 4 is 11.7 Å². The predicted octanol–water partition coefficient (Wildman–Crippen LogP) is 5.15. The quantitative estimate of drug-likeness (QED) is 0.611. The van der Waals surface area contributed by atoms with Gasteiger partial charge in [-0.25, -0.2) is 4.79 Å². The molecule has 0 radical (unpaired) electrons. The van der Waals surface area contributed by atoms with E-state index < -0.39 is 0 Å². The van der Waals surface area contributed by atoms with Gasteiger partial charge in [0, 0.05) is 6.07 Å². The summed E-state index contributed by atoms with van der Waals surface area (Å²) in [5.74, 6) is 1.31. The molecule has 2 aromatic carbocycles. The second-order valence-corrected chi connectivity index (χ2v) is 6.15. The van der Waals surface area contributed by atoms with Crippen LogP contribution in [0.1, 0.15) is 44.7 Å². The van der Waals surface area contributed by atoms with Crippen LogP contribution in [0.3, 0.4) is 0 Å². The average Bonchev–Trinajstić information content (AvgIpc) is 2.66. The van der Waals surface area contributed by atoms with Gasteiger partial charge in [-0.05, 0) is 31.0 Å². The van der Waals surface area contributed by atoms with E-state index in [-0.39, 0.29) is 12.1 Å².